The molecule has 1 aliphatic rings. The molecule has 0 bridgehead atoms. The fourth-order valence-electron chi connectivity index (χ4n) is 2.77. The lowest BCUT2D eigenvalue weighted by Crippen LogP contribution is -2.48. The van der Waals surface area contributed by atoms with Gasteiger partial charge in [-0.25, -0.2) is 13.1 Å². The molecule has 1 fully saturated rings. The third kappa shape index (κ3) is 5.95. The Morgan fingerprint density at radius 3 is 2.71 bits per heavy atom. The summed E-state index contributed by atoms with van der Waals surface area (Å²) in [5.41, 5.74) is -0.791. The minimum absolute atomic E-state index is 0.110. The Hall–Kier alpha value is -1.32. The van der Waals surface area contributed by atoms with Crippen molar-refractivity contribution in [3.8, 4) is 5.75 Å². The van der Waals surface area contributed by atoms with Gasteiger partial charge in [0.15, 0.2) is 0 Å². The van der Waals surface area contributed by atoms with Gasteiger partial charge in [-0.15, -0.1) is 0 Å². The maximum atomic E-state index is 12.9. The van der Waals surface area contributed by atoms with Gasteiger partial charge in [-0.2, -0.15) is 13.2 Å². The van der Waals surface area contributed by atoms with Crippen LogP contribution in [0.2, 0.25) is 0 Å². The van der Waals surface area contributed by atoms with Gasteiger partial charge in [-0.1, -0.05) is 12.1 Å². The van der Waals surface area contributed by atoms with Crippen LogP contribution < -0.4 is 9.46 Å². The van der Waals surface area contributed by atoms with Crippen molar-refractivity contribution in [2.45, 2.75) is 25.1 Å². The molecule has 1 saturated heterocycles. The average Bonchev–Trinajstić information content (AvgIpc) is 2.45. The SMILES string of the molecule is CS(=O)(=O)NC1CCCN(CCOc2ccccc2C(F)(F)F)C1. The first-order valence-corrected chi connectivity index (χ1v) is 9.53. The minimum Gasteiger partial charge on any atom is -0.492 e. The molecule has 1 aromatic rings. The Morgan fingerprint density at radius 2 is 2.04 bits per heavy atom. The number of nitrogens with zero attached hydrogens (tertiary/aromatic N) is 1. The van der Waals surface area contributed by atoms with E-state index in [2.05, 4.69) is 4.72 Å². The second-order valence-corrected chi connectivity index (χ2v) is 7.65. The van der Waals surface area contributed by atoms with Crippen molar-refractivity contribution >= 4 is 10.0 Å². The molecule has 9 heteroatoms. The number of rotatable bonds is 6. The molecule has 1 unspecified atom stereocenters. The van der Waals surface area contributed by atoms with Gasteiger partial charge in [-0.3, -0.25) is 4.90 Å². The number of halogens is 3. The molecule has 2 rings (SSSR count). The van der Waals surface area contributed by atoms with Crippen molar-refractivity contribution in [2.24, 2.45) is 0 Å². The summed E-state index contributed by atoms with van der Waals surface area (Å²) in [4.78, 5) is 1.99. The maximum Gasteiger partial charge on any atom is 0.419 e. The number of likely N-dealkylation sites (tertiary alicyclic amines) is 1. The van der Waals surface area contributed by atoms with E-state index in [4.69, 9.17) is 4.74 Å². The number of sulfonamides is 1. The molecular formula is C15H21F3N2O3S. The molecule has 1 atom stereocenters. The fourth-order valence-corrected chi connectivity index (χ4v) is 3.57. The van der Waals surface area contributed by atoms with Gasteiger partial charge >= 0.3 is 6.18 Å². The van der Waals surface area contributed by atoms with Crippen LogP contribution in [0.4, 0.5) is 13.2 Å². The average molecular weight is 366 g/mol. The Labute approximate surface area is 139 Å². The third-order valence-corrected chi connectivity index (χ3v) is 4.51. The van der Waals surface area contributed by atoms with Crippen LogP contribution in [0.3, 0.4) is 0 Å². The van der Waals surface area contributed by atoms with Crippen molar-refractivity contribution < 1.29 is 26.3 Å². The lowest BCUT2D eigenvalue weighted by Gasteiger charge is -2.32. The summed E-state index contributed by atoms with van der Waals surface area (Å²) in [5, 5.41) is 0. The molecule has 5 nitrogen and oxygen atoms in total. The molecule has 1 N–H and O–H groups in total. The molecule has 0 saturated carbocycles. The standard InChI is InChI=1S/C15H21F3N2O3S/c1-24(21,22)19-12-5-4-8-20(11-12)9-10-23-14-7-3-2-6-13(14)15(16,17)18/h2-3,6-7,12,19H,4-5,8-11H2,1H3. The smallest absolute Gasteiger partial charge is 0.419 e. The monoisotopic (exact) mass is 366 g/mol. The summed E-state index contributed by atoms with van der Waals surface area (Å²) in [6, 6.07) is 4.94. The van der Waals surface area contributed by atoms with Crippen LogP contribution in [-0.4, -0.2) is 51.9 Å². The molecule has 24 heavy (non-hydrogen) atoms. The van der Waals surface area contributed by atoms with Gasteiger partial charge in [0.1, 0.15) is 12.4 Å². The number of ether oxygens (including phenoxy) is 1. The number of piperidine rings is 1. The lowest BCUT2D eigenvalue weighted by atomic mass is 10.1. The Morgan fingerprint density at radius 1 is 1.33 bits per heavy atom. The van der Waals surface area contributed by atoms with Crippen LogP contribution in [0.5, 0.6) is 5.75 Å². The van der Waals surface area contributed by atoms with Gasteiger partial charge in [0.25, 0.3) is 0 Å². The quantitative estimate of drug-likeness (QED) is 0.838. The molecule has 1 aromatic carbocycles. The normalized spacial score (nSPS) is 20.1. The third-order valence-electron chi connectivity index (χ3n) is 3.74. The van der Waals surface area contributed by atoms with Gasteiger partial charge < -0.3 is 4.74 Å². The van der Waals surface area contributed by atoms with Crippen molar-refractivity contribution in [3.05, 3.63) is 29.8 Å². The summed E-state index contributed by atoms with van der Waals surface area (Å²) in [6.07, 6.45) is -1.76. The Balaban J connectivity index is 1.86. The molecular weight excluding hydrogens is 345 g/mol. The highest BCUT2D eigenvalue weighted by atomic mass is 32.2. The van der Waals surface area contributed by atoms with E-state index in [1.165, 1.54) is 18.2 Å². The number of hydrogen-bond donors (Lipinski definition) is 1. The highest BCUT2D eigenvalue weighted by Crippen LogP contribution is 2.35. The highest BCUT2D eigenvalue weighted by Gasteiger charge is 2.34. The number of hydrogen-bond acceptors (Lipinski definition) is 4. The van der Waals surface area contributed by atoms with Crippen molar-refractivity contribution in [1.29, 1.82) is 0 Å². The second kappa shape index (κ2) is 7.71. The van der Waals surface area contributed by atoms with Crippen LogP contribution in [-0.2, 0) is 16.2 Å². The van der Waals surface area contributed by atoms with Crippen LogP contribution in [0.1, 0.15) is 18.4 Å². The lowest BCUT2D eigenvalue weighted by molar-refractivity contribution is -0.139. The van der Waals surface area contributed by atoms with Crippen LogP contribution in [0.25, 0.3) is 0 Å². The predicted molar refractivity (Wildman–Crippen MR) is 84.4 cm³/mol. The zero-order valence-electron chi connectivity index (χ0n) is 13.3. The molecule has 0 radical (unpaired) electrons. The van der Waals surface area contributed by atoms with Crippen LogP contribution in [0.15, 0.2) is 24.3 Å². The van der Waals surface area contributed by atoms with Crippen molar-refractivity contribution in [3.63, 3.8) is 0 Å². The summed E-state index contributed by atoms with van der Waals surface area (Å²) < 4.78 is 69.1. The van der Waals surface area contributed by atoms with Crippen molar-refractivity contribution in [1.82, 2.24) is 9.62 Å². The number of para-hydroxylation sites is 1. The van der Waals surface area contributed by atoms with E-state index in [1.54, 1.807) is 0 Å². The molecule has 0 aliphatic carbocycles. The summed E-state index contributed by atoms with van der Waals surface area (Å²) >= 11 is 0. The van der Waals surface area contributed by atoms with E-state index in [1.807, 2.05) is 4.90 Å². The summed E-state index contributed by atoms with van der Waals surface area (Å²) in [7, 11) is -3.27. The Kier molecular flexibility index (Phi) is 6.11. The van der Waals surface area contributed by atoms with Crippen molar-refractivity contribution in [2.75, 3.05) is 32.5 Å². The Bertz CT molecular complexity index is 650. The van der Waals surface area contributed by atoms with Gasteiger partial charge in [-0.05, 0) is 31.5 Å². The molecule has 0 amide bonds. The maximum absolute atomic E-state index is 12.9. The zero-order chi connectivity index (χ0) is 17.8. The first kappa shape index (κ1) is 19.0. The summed E-state index contributed by atoms with van der Waals surface area (Å²) in [5.74, 6) is -0.187. The van der Waals surface area contributed by atoms with E-state index in [9.17, 15) is 21.6 Å². The molecule has 136 valence electrons. The number of benzene rings is 1. The van der Waals surface area contributed by atoms with Crippen LogP contribution >= 0.6 is 0 Å². The molecule has 0 spiro atoms. The fraction of sp³-hybridized carbons (Fsp3) is 0.600. The molecule has 0 aromatic heterocycles. The minimum atomic E-state index is -4.45. The molecule has 1 heterocycles. The first-order chi connectivity index (χ1) is 11.1. The van der Waals surface area contributed by atoms with E-state index in [0.717, 1.165) is 31.7 Å². The topological polar surface area (TPSA) is 58.6 Å². The summed E-state index contributed by atoms with van der Waals surface area (Å²) in [6.45, 7) is 1.84. The van der Waals surface area contributed by atoms with E-state index in [-0.39, 0.29) is 18.4 Å². The number of nitrogens with one attached hydrogen (secondary N) is 1. The van der Waals surface area contributed by atoms with Gasteiger partial charge in [0.2, 0.25) is 10.0 Å². The van der Waals surface area contributed by atoms with E-state index >= 15 is 0 Å². The second-order valence-electron chi connectivity index (χ2n) is 5.87. The van der Waals surface area contributed by atoms with Crippen LogP contribution in [0, 0.1) is 0 Å². The first-order valence-electron chi connectivity index (χ1n) is 7.64. The largest absolute Gasteiger partial charge is 0.492 e. The van der Waals surface area contributed by atoms with E-state index < -0.39 is 21.8 Å². The zero-order valence-corrected chi connectivity index (χ0v) is 14.2. The van der Waals surface area contributed by atoms with Gasteiger partial charge in [0.05, 0.1) is 11.8 Å². The highest BCUT2D eigenvalue weighted by molar-refractivity contribution is 7.88. The molecule has 1 aliphatic heterocycles. The predicted octanol–water partition coefficient (Wildman–Crippen LogP) is 2.10. The van der Waals surface area contributed by atoms with Gasteiger partial charge in [0, 0.05) is 19.1 Å². The number of alkyl halides is 3. The van der Waals surface area contributed by atoms with E-state index in [0.29, 0.717) is 13.1 Å².